The van der Waals surface area contributed by atoms with E-state index in [-0.39, 0.29) is 18.4 Å². The van der Waals surface area contributed by atoms with Gasteiger partial charge in [-0.05, 0) is 36.8 Å². The number of carbonyl (C=O) groups excluding carboxylic acids is 2. The van der Waals surface area contributed by atoms with Gasteiger partial charge in [0.15, 0.2) is 0 Å². The van der Waals surface area contributed by atoms with Gasteiger partial charge >= 0.3 is 0 Å². The number of amides is 2. The smallest absolute Gasteiger partial charge is 0.252 e. The van der Waals surface area contributed by atoms with E-state index in [4.69, 9.17) is 0 Å². The van der Waals surface area contributed by atoms with Crippen molar-refractivity contribution in [2.75, 3.05) is 13.1 Å². The lowest BCUT2D eigenvalue weighted by Gasteiger charge is -2.21. The van der Waals surface area contributed by atoms with Gasteiger partial charge in [-0.2, -0.15) is 0 Å². The number of carbonyl (C=O) groups is 2. The molecule has 0 fully saturated rings. The molecule has 0 saturated heterocycles. The highest BCUT2D eigenvalue weighted by Gasteiger charge is 2.17. The zero-order chi connectivity index (χ0) is 22.3. The topological polar surface area (TPSA) is 75.2 Å². The van der Waals surface area contributed by atoms with Crippen LogP contribution in [0.15, 0.2) is 85.2 Å². The monoisotopic (exact) mass is 424 g/mol. The predicted molar refractivity (Wildman–Crippen MR) is 125 cm³/mol. The van der Waals surface area contributed by atoms with Crippen LogP contribution in [0.3, 0.4) is 0 Å². The van der Waals surface area contributed by atoms with Gasteiger partial charge in [0.1, 0.15) is 0 Å². The van der Waals surface area contributed by atoms with Crippen molar-refractivity contribution in [3.63, 3.8) is 0 Å². The summed E-state index contributed by atoms with van der Waals surface area (Å²) in [6, 6.07) is 22.8. The minimum Gasteiger partial charge on any atom is -0.343 e. The molecular weight excluding hydrogens is 400 g/mol. The van der Waals surface area contributed by atoms with Gasteiger partial charge in [-0.1, -0.05) is 48.5 Å². The van der Waals surface area contributed by atoms with Crippen LogP contribution in [0.4, 0.5) is 0 Å². The van der Waals surface area contributed by atoms with E-state index in [1.54, 1.807) is 23.4 Å². The standard InChI is InChI=1S/C26H24N4O2/c1-2-30(18-19-8-4-3-5-9-19)25(31)17-28-26(32)22-16-24(20-12-14-27-15-13-20)29-23-11-7-6-10-21(22)23/h3-16H,2,17-18H2,1H3,(H,28,32). The third kappa shape index (κ3) is 4.81. The summed E-state index contributed by atoms with van der Waals surface area (Å²) < 4.78 is 0. The minimum atomic E-state index is -0.303. The largest absolute Gasteiger partial charge is 0.343 e. The molecule has 2 aromatic carbocycles. The van der Waals surface area contributed by atoms with Gasteiger partial charge in [0, 0.05) is 36.4 Å². The van der Waals surface area contributed by atoms with Crippen LogP contribution < -0.4 is 5.32 Å². The summed E-state index contributed by atoms with van der Waals surface area (Å²) >= 11 is 0. The maximum absolute atomic E-state index is 13.1. The number of rotatable bonds is 7. The average molecular weight is 425 g/mol. The predicted octanol–water partition coefficient (Wildman–Crippen LogP) is 4.08. The van der Waals surface area contributed by atoms with Gasteiger partial charge in [-0.15, -0.1) is 0 Å². The summed E-state index contributed by atoms with van der Waals surface area (Å²) in [6.07, 6.45) is 3.38. The van der Waals surface area contributed by atoms with Crippen LogP contribution in [0, 0.1) is 0 Å². The fourth-order valence-corrected chi connectivity index (χ4v) is 3.58. The first-order valence-electron chi connectivity index (χ1n) is 10.6. The number of hydrogen-bond donors (Lipinski definition) is 1. The van der Waals surface area contributed by atoms with Gasteiger partial charge in [-0.25, -0.2) is 4.98 Å². The number of fused-ring (bicyclic) bond motifs is 1. The van der Waals surface area contributed by atoms with E-state index >= 15 is 0 Å². The van der Waals surface area contributed by atoms with Crippen LogP contribution in [0.25, 0.3) is 22.2 Å². The SMILES string of the molecule is CCN(Cc1ccccc1)C(=O)CNC(=O)c1cc(-c2ccncc2)nc2ccccc12. The minimum absolute atomic E-state index is 0.0687. The molecular formula is C26H24N4O2. The molecule has 2 amide bonds. The lowest BCUT2D eigenvalue weighted by atomic mass is 10.0. The van der Waals surface area contributed by atoms with Crippen LogP contribution in [0.5, 0.6) is 0 Å². The lowest BCUT2D eigenvalue weighted by molar-refractivity contribution is -0.130. The molecule has 0 atom stereocenters. The number of aromatic nitrogens is 2. The van der Waals surface area contributed by atoms with Crippen LogP contribution in [-0.2, 0) is 11.3 Å². The highest BCUT2D eigenvalue weighted by Crippen LogP contribution is 2.24. The summed E-state index contributed by atoms with van der Waals surface area (Å²) in [5.41, 5.74) is 3.81. The number of benzene rings is 2. The normalized spacial score (nSPS) is 10.7. The van der Waals surface area contributed by atoms with Gasteiger partial charge in [0.05, 0.1) is 23.3 Å². The zero-order valence-electron chi connectivity index (χ0n) is 17.9. The Bertz CT molecular complexity index is 1230. The molecule has 6 heteroatoms. The second kappa shape index (κ2) is 9.83. The highest BCUT2D eigenvalue weighted by atomic mass is 16.2. The molecule has 4 aromatic rings. The van der Waals surface area contributed by atoms with E-state index in [1.807, 2.05) is 73.7 Å². The van der Waals surface area contributed by atoms with Gasteiger partial charge < -0.3 is 10.2 Å². The van der Waals surface area contributed by atoms with Crippen molar-refractivity contribution in [3.05, 3.63) is 96.3 Å². The van der Waals surface area contributed by atoms with E-state index in [0.717, 1.165) is 22.0 Å². The quantitative estimate of drug-likeness (QED) is 0.485. The number of pyridine rings is 2. The van der Waals surface area contributed by atoms with Crippen molar-refractivity contribution in [1.29, 1.82) is 0 Å². The molecule has 0 aliphatic carbocycles. The molecule has 32 heavy (non-hydrogen) atoms. The second-order valence-electron chi connectivity index (χ2n) is 7.38. The van der Waals surface area contributed by atoms with Crippen LogP contribution in [0.2, 0.25) is 0 Å². The molecule has 1 N–H and O–H groups in total. The first-order valence-corrected chi connectivity index (χ1v) is 10.6. The summed E-state index contributed by atoms with van der Waals surface area (Å²) in [7, 11) is 0. The number of nitrogens with one attached hydrogen (secondary N) is 1. The number of likely N-dealkylation sites (N-methyl/N-ethyl adjacent to an activating group) is 1. The fourth-order valence-electron chi connectivity index (χ4n) is 3.58. The summed E-state index contributed by atoms with van der Waals surface area (Å²) in [6.45, 7) is 2.94. The van der Waals surface area contributed by atoms with E-state index in [2.05, 4.69) is 15.3 Å². The Morgan fingerprint density at radius 2 is 1.66 bits per heavy atom. The maximum atomic E-state index is 13.1. The summed E-state index contributed by atoms with van der Waals surface area (Å²) in [4.78, 5) is 36.3. The van der Waals surface area contributed by atoms with E-state index in [9.17, 15) is 9.59 Å². The van der Waals surface area contributed by atoms with Gasteiger partial charge in [-0.3, -0.25) is 14.6 Å². The van der Waals surface area contributed by atoms with Gasteiger partial charge in [0.25, 0.3) is 5.91 Å². The molecule has 0 saturated carbocycles. The van der Waals surface area contributed by atoms with Crippen LogP contribution >= 0.6 is 0 Å². The number of hydrogen-bond acceptors (Lipinski definition) is 4. The summed E-state index contributed by atoms with van der Waals surface area (Å²) in [5.74, 6) is -0.430. The number of nitrogens with zero attached hydrogens (tertiary/aromatic N) is 3. The molecule has 6 nitrogen and oxygen atoms in total. The third-order valence-corrected chi connectivity index (χ3v) is 5.29. The van der Waals surface area contributed by atoms with E-state index < -0.39 is 0 Å². The third-order valence-electron chi connectivity index (χ3n) is 5.29. The van der Waals surface area contributed by atoms with Crippen LogP contribution in [-0.4, -0.2) is 39.8 Å². The van der Waals surface area contributed by atoms with Gasteiger partial charge in [0.2, 0.25) is 5.91 Å². The lowest BCUT2D eigenvalue weighted by Crippen LogP contribution is -2.39. The Labute approximate surface area is 186 Å². The molecule has 0 unspecified atom stereocenters. The maximum Gasteiger partial charge on any atom is 0.252 e. The Morgan fingerprint density at radius 3 is 2.41 bits per heavy atom. The molecule has 2 heterocycles. The van der Waals surface area contributed by atoms with Crippen molar-refractivity contribution >= 4 is 22.7 Å². The van der Waals surface area contributed by atoms with Crippen LogP contribution in [0.1, 0.15) is 22.8 Å². The molecule has 0 spiro atoms. The average Bonchev–Trinajstić information content (AvgIpc) is 2.86. The summed E-state index contributed by atoms with van der Waals surface area (Å²) in [5, 5.41) is 3.54. The molecule has 160 valence electrons. The van der Waals surface area contributed by atoms with Crippen molar-refractivity contribution in [1.82, 2.24) is 20.2 Å². The Morgan fingerprint density at radius 1 is 0.938 bits per heavy atom. The molecule has 0 radical (unpaired) electrons. The Balaban J connectivity index is 1.54. The Hall–Kier alpha value is -4.06. The van der Waals surface area contributed by atoms with Crippen molar-refractivity contribution in [2.45, 2.75) is 13.5 Å². The Kier molecular flexibility index (Phi) is 6.51. The van der Waals surface area contributed by atoms with Crippen molar-refractivity contribution in [3.8, 4) is 11.3 Å². The molecule has 0 aliphatic heterocycles. The first kappa shape index (κ1) is 21.2. The zero-order valence-corrected chi connectivity index (χ0v) is 17.9. The highest BCUT2D eigenvalue weighted by molar-refractivity contribution is 6.08. The molecule has 0 aliphatic rings. The fraction of sp³-hybridized carbons (Fsp3) is 0.154. The number of para-hydroxylation sites is 1. The second-order valence-corrected chi connectivity index (χ2v) is 7.38. The van der Waals surface area contributed by atoms with Crippen molar-refractivity contribution < 1.29 is 9.59 Å². The molecule has 2 aromatic heterocycles. The van der Waals surface area contributed by atoms with E-state index in [1.165, 1.54) is 0 Å². The molecule has 4 rings (SSSR count). The van der Waals surface area contributed by atoms with Crippen molar-refractivity contribution in [2.24, 2.45) is 0 Å². The molecule has 0 bridgehead atoms. The van der Waals surface area contributed by atoms with E-state index in [0.29, 0.717) is 24.3 Å². The first-order chi connectivity index (χ1) is 15.7.